The Morgan fingerprint density at radius 2 is 2.40 bits per heavy atom. The molecule has 0 aromatic heterocycles. The van der Waals surface area contributed by atoms with Gasteiger partial charge in [0.05, 0.1) is 6.61 Å². The Bertz CT molecular complexity index is 108. The van der Waals surface area contributed by atoms with Crippen molar-refractivity contribution in [3.8, 4) is 0 Å². The first-order valence-electron chi connectivity index (χ1n) is 3.57. The zero-order valence-corrected chi connectivity index (χ0v) is 6.43. The molecular weight excluding hydrogens is 128 g/mol. The first-order valence-corrected chi connectivity index (χ1v) is 3.57. The number of hydrogen-bond acceptors (Lipinski definition) is 2. The molecule has 2 nitrogen and oxygen atoms in total. The second kappa shape index (κ2) is 6.33. The molecule has 0 aromatic carbocycles. The van der Waals surface area contributed by atoms with Crippen molar-refractivity contribution in [1.82, 2.24) is 0 Å². The van der Waals surface area contributed by atoms with Gasteiger partial charge in [0.25, 0.3) is 0 Å². The van der Waals surface area contributed by atoms with Gasteiger partial charge >= 0.3 is 5.97 Å². The Labute approximate surface area is 61.9 Å². The van der Waals surface area contributed by atoms with Gasteiger partial charge in [-0.1, -0.05) is 13.0 Å². The summed E-state index contributed by atoms with van der Waals surface area (Å²) < 4.78 is 4.81. The molecule has 0 radical (unpaired) electrons. The van der Waals surface area contributed by atoms with Crippen molar-refractivity contribution >= 4 is 5.97 Å². The van der Waals surface area contributed by atoms with E-state index in [9.17, 15) is 4.79 Å². The van der Waals surface area contributed by atoms with E-state index in [-0.39, 0.29) is 5.97 Å². The highest BCUT2D eigenvalue weighted by molar-refractivity contribution is 5.68. The van der Waals surface area contributed by atoms with Crippen molar-refractivity contribution in [3.63, 3.8) is 0 Å². The summed E-state index contributed by atoms with van der Waals surface area (Å²) in [5, 5.41) is 0. The zero-order chi connectivity index (χ0) is 7.82. The van der Waals surface area contributed by atoms with Crippen molar-refractivity contribution in [3.05, 3.63) is 12.7 Å². The molecule has 0 heterocycles. The molecule has 0 N–H and O–H groups in total. The third-order valence-corrected chi connectivity index (χ3v) is 1.10. The Hall–Kier alpha value is -0.790. The molecule has 0 saturated carbocycles. The fourth-order valence-corrected chi connectivity index (χ4v) is 0.516. The molecule has 0 atom stereocenters. The van der Waals surface area contributed by atoms with Crippen LogP contribution in [0.1, 0.15) is 26.2 Å². The standard InChI is InChI=1S/C8H14O2/c1-3-5-6-7-10-8(9)4-2/h3H,1,4-7H2,2H3. The summed E-state index contributed by atoms with van der Waals surface area (Å²) >= 11 is 0. The Balaban J connectivity index is 3.03. The molecule has 10 heavy (non-hydrogen) atoms. The molecular formula is C8H14O2. The minimum Gasteiger partial charge on any atom is -0.466 e. The third-order valence-electron chi connectivity index (χ3n) is 1.10. The van der Waals surface area contributed by atoms with Crippen molar-refractivity contribution in [2.24, 2.45) is 0 Å². The van der Waals surface area contributed by atoms with Crippen LogP contribution in [0, 0.1) is 0 Å². The van der Waals surface area contributed by atoms with Gasteiger partial charge in [0.15, 0.2) is 0 Å². The van der Waals surface area contributed by atoms with Crippen molar-refractivity contribution in [2.75, 3.05) is 6.61 Å². The number of hydrogen-bond donors (Lipinski definition) is 0. The second-order valence-corrected chi connectivity index (χ2v) is 2.00. The summed E-state index contributed by atoms with van der Waals surface area (Å²) in [6.07, 6.45) is 4.08. The van der Waals surface area contributed by atoms with E-state index < -0.39 is 0 Å². The fourth-order valence-electron chi connectivity index (χ4n) is 0.516. The number of ether oxygens (including phenoxy) is 1. The first kappa shape index (κ1) is 9.21. The smallest absolute Gasteiger partial charge is 0.305 e. The van der Waals surface area contributed by atoms with Crippen molar-refractivity contribution in [1.29, 1.82) is 0 Å². The van der Waals surface area contributed by atoms with Crippen LogP contribution in [0.15, 0.2) is 12.7 Å². The van der Waals surface area contributed by atoms with Crippen LogP contribution in [0.4, 0.5) is 0 Å². The molecule has 0 saturated heterocycles. The van der Waals surface area contributed by atoms with Gasteiger partial charge in [0.1, 0.15) is 0 Å². The van der Waals surface area contributed by atoms with Gasteiger partial charge in [-0.25, -0.2) is 0 Å². The van der Waals surface area contributed by atoms with Crippen molar-refractivity contribution < 1.29 is 9.53 Å². The Morgan fingerprint density at radius 1 is 1.70 bits per heavy atom. The van der Waals surface area contributed by atoms with E-state index >= 15 is 0 Å². The third kappa shape index (κ3) is 5.35. The van der Waals surface area contributed by atoms with Gasteiger partial charge < -0.3 is 4.74 Å². The van der Waals surface area contributed by atoms with Crippen LogP contribution in [0.2, 0.25) is 0 Å². The lowest BCUT2D eigenvalue weighted by Gasteiger charge is -1.99. The maximum atomic E-state index is 10.5. The number of carbonyl (C=O) groups is 1. The van der Waals surface area contributed by atoms with E-state index in [0.29, 0.717) is 13.0 Å². The van der Waals surface area contributed by atoms with Crippen molar-refractivity contribution in [2.45, 2.75) is 26.2 Å². The summed E-state index contributed by atoms with van der Waals surface area (Å²) in [6, 6.07) is 0. The molecule has 0 aliphatic heterocycles. The monoisotopic (exact) mass is 142 g/mol. The molecule has 0 aliphatic carbocycles. The average Bonchev–Trinajstić information content (AvgIpc) is 1.98. The zero-order valence-electron chi connectivity index (χ0n) is 6.43. The van der Waals surface area contributed by atoms with Crippen LogP contribution >= 0.6 is 0 Å². The summed E-state index contributed by atoms with van der Waals surface area (Å²) in [6.45, 7) is 5.87. The van der Waals surface area contributed by atoms with Crippen LogP contribution in [0.5, 0.6) is 0 Å². The summed E-state index contributed by atoms with van der Waals surface area (Å²) in [7, 11) is 0. The maximum absolute atomic E-state index is 10.5. The van der Waals surface area contributed by atoms with Gasteiger partial charge in [0, 0.05) is 6.42 Å². The van der Waals surface area contributed by atoms with E-state index in [1.165, 1.54) is 0 Å². The number of rotatable bonds is 5. The molecule has 0 aromatic rings. The number of unbranched alkanes of at least 4 members (excludes halogenated alkanes) is 1. The van der Waals surface area contributed by atoms with Crippen LogP contribution in [-0.2, 0) is 9.53 Å². The van der Waals surface area contributed by atoms with Gasteiger partial charge in [-0.15, -0.1) is 6.58 Å². The molecule has 0 unspecified atom stereocenters. The lowest BCUT2D eigenvalue weighted by atomic mass is 10.3. The second-order valence-electron chi connectivity index (χ2n) is 2.00. The van der Waals surface area contributed by atoms with Gasteiger partial charge in [-0.2, -0.15) is 0 Å². The van der Waals surface area contributed by atoms with Gasteiger partial charge in [-0.05, 0) is 12.8 Å². The number of esters is 1. The van der Waals surface area contributed by atoms with Crippen LogP contribution in [0.3, 0.4) is 0 Å². The summed E-state index contributed by atoms with van der Waals surface area (Å²) in [4.78, 5) is 10.5. The van der Waals surface area contributed by atoms with E-state index in [2.05, 4.69) is 6.58 Å². The lowest BCUT2D eigenvalue weighted by Crippen LogP contribution is -2.03. The molecule has 0 amide bonds. The molecule has 0 fully saturated rings. The molecule has 0 rings (SSSR count). The van der Waals surface area contributed by atoms with Crippen LogP contribution in [0.25, 0.3) is 0 Å². The highest BCUT2D eigenvalue weighted by Gasteiger charge is 1.94. The van der Waals surface area contributed by atoms with Crippen LogP contribution in [-0.4, -0.2) is 12.6 Å². The summed E-state index contributed by atoms with van der Waals surface area (Å²) in [5.41, 5.74) is 0. The van der Waals surface area contributed by atoms with Gasteiger partial charge in [0.2, 0.25) is 0 Å². The number of allylic oxidation sites excluding steroid dienone is 1. The minimum absolute atomic E-state index is 0.121. The molecule has 58 valence electrons. The fraction of sp³-hybridized carbons (Fsp3) is 0.625. The molecule has 0 aliphatic rings. The molecule has 2 heteroatoms. The minimum atomic E-state index is -0.121. The molecule has 0 spiro atoms. The van der Waals surface area contributed by atoms with E-state index in [4.69, 9.17) is 4.74 Å². The predicted molar refractivity (Wildman–Crippen MR) is 40.7 cm³/mol. The van der Waals surface area contributed by atoms with Gasteiger partial charge in [-0.3, -0.25) is 4.79 Å². The topological polar surface area (TPSA) is 26.3 Å². The Morgan fingerprint density at radius 3 is 2.90 bits per heavy atom. The summed E-state index contributed by atoms with van der Waals surface area (Å²) in [5.74, 6) is -0.121. The van der Waals surface area contributed by atoms with E-state index in [1.807, 2.05) is 6.08 Å². The Kier molecular flexibility index (Phi) is 5.83. The maximum Gasteiger partial charge on any atom is 0.305 e. The largest absolute Gasteiger partial charge is 0.466 e. The van der Waals surface area contributed by atoms with E-state index in [0.717, 1.165) is 12.8 Å². The highest BCUT2D eigenvalue weighted by Crippen LogP contribution is 1.92. The SMILES string of the molecule is C=CCCCOC(=O)CC. The molecule has 0 bridgehead atoms. The predicted octanol–water partition coefficient (Wildman–Crippen LogP) is 1.91. The lowest BCUT2D eigenvalue weighted by molar-refractivity contribution is -0.143. The van der Waals surface area contributed by atoms with E-state index in [1.54, 1.807) is 6.92 Å². The normalized spacial score (nSPS) is 8.90. The van der Waals surface area contributed by atoms with Crippen LogP contribution < -0.4 is 0 Å². The number of carbonyl (C=O) groups excluding carboxylic acids is 1. The highest BCUT2D eigenvalue weighted by atomic mass is 16.5. The first-order chi connectivity index (χ1) is 4.81. The average molecular weight is 142 g/mol. The quantitative estimate of drug-likeness (QED) is 0.333.